The lowest BCUT2D eigenvalue weighted by Gasteiger charge is -2.43. The third-order valence-corrected chi connectivity index (χ3v) is 7.43. The highest BCUT2D eigenvalue weighted by Crippen LogP contribution is 2.27. The van der Waals surface area contributed by atoms with E-state index in [9.17, 15) is 9.90 Å². The average Bonchev–Trinajstić information content (AvgIpc) is 3.44. The Bertz CT molecular complexity index is 1070. The second-order valence-electron chi connectivity index (χ2n) is 9.77. The molecule has 0 bridgehead atoms. The van der Waals surface area contributed by atoms with E-state index in [1.54, 1.807) is 11.1 Å². The normalized spacial score (nSPS) is 22.6. The minimum absolute atomic E-state index is 0.00480. The van der Waals surface area contributed by atoms with Gasteiger partial charge in [0.2, 0.25) is 0 Å². The molecule has 35 heavy (non-hydrogen) atoms. The van der Waals surface area contributed by atoms with Crippen molar-refractivity contribution in [2.24, 2.45) is 0 Å². The maximum absolute atomic E-state index is 12.3. The Hall–Kier alpha value is -3.32. The van der Waals surface area contributed by atoms with E-state index in [1.165, 1.54) is 5.69 Å². The predicted molar refractivity (Wildman–Crippen MR) is 138 cm³/mol. The van der Waals surface area contributed by atoms with Crippen molar-refractivity contribution < 1.29 is 9.90 Å². The molecule has 0 radical (unpaired) electrons. The van der Waals surface area contributed by atoms with Crippen LogP contribution in [-0.4, -0.2) is 57.1 Å². The molecule has 2 N–H and O–H groups in total. The summed E-state index contributed by atoms with van der Waals surface area (Å²) in [5.74, 6) is 0. The zero-order chi connectivity index (χ0) is 24.0. The number of nitrogens with one attached hydrogen (secondary N) is 1. The summed E-state index contributed by atoms with van der Waals surface area (Å²) in [5.41, 5.74) is 3.33. The van der Waals surface area contributed by atoms with Gasteiger partial charge in [-0.2, -0.15) is 5.10 Å². The van der Waals surface area contributed by atoms with Crippen LogP contribution in [0.15, 0.2) is 73.1 Å². The number of piperidine rings is 1. The number of hydrogen-bond acceptors (Lipinski definition) is 4. The molecule has 1 saturated carbocycles. The Morgan fingerprint density at radius 1 is 0.971 bits per heavy atom. The highest BCUT2D eigenvalue weighted by molar-refractivity contribution is 5.65. The lowest BCUT2D eigenvalue weighted by atomic mass is 9.87. The van der Waals surface area contributed by atoms with Crippen molar-refractivity contribution in [1.29, 1.82) is 0 Å². The van der Waals surface area contributed by atoms with Gasteiger partial charge in [-0.1, -0.05) is 43.2 Å². The summed E-state index contributed by atoms with van der Waals surface area (Å²) in [6.45, 7) is 2.43. The van der Waals surface area contributed by atoms with Crippen LogP contribution in [0.2, 0.25) is 0 Å². The van der Waals surface area contributed by atoms with E-state index in [0.29, 0.717) is 12.6 Å². The molecule has 0 unspecified atom stereocenters. The molecule has 2 aromatic carbocycles. The van der Waals surface area contributed by atoms with E-state index in [0.717, 1.165) is 62.9 Å². The van der Waals surface area contributed by atoms with Gasteiger partial charge in [-0.15, -0.1) is 0 Å². The molecular weight excluding hydrogens is 438 g/mol. The van der Waals surface area contributed by atoms with Crippen LogP contribution in [0.25, 0.3) is 5.69 Å². The topological polar surface area (TPSA) is 73.6 Å². The van der Waals surface area contributed by atoms with Crippen LogP contribution >= 0.6 is 0 Å². The van der Waals surface area contributed by atoms with Crippen molar-refractivity contribution in [2.45, 2.75) is 63.2 Å². The van der Waals surface area contributed by atoms with Gasteiger partial charge in [0.05, 0.1) is 11.7 Å². The lowest BCUT2D eigenvalue weighted by molar-refractivity contribution is 0.0874. The maximum Gasteiger partial charge on any atom is 0.407 e. The summed E-state index contributed by atoms with van der Waals surface area (Å²) < 4.78 is 1.87. The van der Waals surface area contributed by atoms with E-state index in [2.05, 4.69) is 39.6 Å². The first-order chi connectivity index (χ1) is 17.2. The van der Waals surface area contributed by atoms with Crippen molar-refractivity contribution in [3.05, 3.63) is 78.6 Å². The molecule has 2 fully saturated rings. The van der Waals surface area contributed by atoms with Gasteiger partial charge in [0.1, 0.15) is 0 Å². The van der Waals surface area contributed by atoms with Gasteiger partial charge < -0.3 is 15.3 Å². The van der Waals surface area contributed by atoms with Crippen molar-refractivity contribution in [3.8, 4) is 5.69 Å². The van der Waals surface area contributed by atoms with E-state index in [1.807, 2.05) is 47.3 Å². The molecule has 1 saturated heterocycles. The summed E-state index contributed by atoms with van der Waals surface area (Å²) >= 11 is 0. The SMILES string of the molecule is O=C(O)N(Cc1ccccc1)[C@@H]1CCCC[C@H]1N[C@H]1CCCN(c2ccc(-n3cccn3)cc2)C1. The minimum Gasteiger partial charge on any atom is -0.465 e. The number of nitrogens with zero attached hydrogens (tertiary/aromatic N) is 4. The summed E-state index contributed by atoms with van der Waals surface area (Å²) in [5, 5.41) is 18.3. The predicted octanol–water partition coefficient (Wildman–Crippen LogP) is 4.92. The second kappa shape index (κ2) is 11.0. The van der Waals surface area contributed by atoms with Crippen molar-refractivity contribution >= 4 is 11.8 Å². The standard InChI is InChI=1S/C28H35N5O2/c34-28(35)32(20-22-8-2-1-3-9-22)27-12-5-4-11-26(27)30-23-10-6-18-31(21-23)24-13-15-25(16-14-24)33-19-7-17-29-33/h1-3,7-9,13-17,19,23,26-27,30H,4-6,10-12,18,20-21H2,(H,34,35)/t23-,26+,27+/m0/s1. The average molecular weight is 474 g/mol. The Morgan fingerprint density at radius 2 is 1.74 bits per heavy atom. The monoisotopic (exact) mass is 473 g/mol. The highest BCUT2D eigenvalue weighted by Gasteiger charge is 2.35. The van der Waals surface area contributed by atoms with E-state index < -0.39 is 6.09 Å². The molecular formula is C28H35N5O2. The first kappa shape index (κ1) is 23.4. The first-order valence-corrected chi connectivity index (χ1v) is 12.8. The number of aromatic nitrogens is 2. The van der Waals surface area contributed by atoms with Crippen LogP contribution in [0.1, 0.15) is 44.1 Å². The zero-order valence-electron chi connectivity index (χ0n) is 20.2. The van der Waals surface area contributed by atoms with Crippen LogP contribution in [0, 0.1) is 0 Å². The number of benzene rings is 2. The van der Waals surface area contributed by atoms with Crippen LogP contribution in [0.5, 0.6) is 0 Å². The fraction of sp³-hybridized carbons (Fsp3) is 0.429. The van der Waals surface area contributed by atoms with Gasteiger partial charge in [-0.3, -0.25) is 4.90 Å². The Morgan fingerprint density at radius 3 is 2.49 bits per heavy atom. The molecule has 1 amide bonds. The zero-order valence-corrected chi connectivity index (χ0v) is 20.2. The third-order valence-electron chi connectivity index (χ3n) is 7.43. The fourth-order valence-corrected chi connectivity index (χ4v) is 5.67. The molecule has 3 aromatic rings. The van der Waals surface area contributed by atoms with Crippen molar-refractivity contribution in [1.82, 2.24) is 20.0 Å². The van der Waals surface area contributed by atoms with Gasteiger partial charge in [0.25, 0.3) is 0 Å². The minimum atomic E-state index is -0.824. The molecule has 0 spiro atoms. The summed E-state index contributed by atoms with van der Waals surface area (Å²) in [6.07, 6.45) is 9.35. The Labute approximate surface area is 207 Å². The molecule has 2 heterocycles. The number of carbonyl (C=O) groups is 1. The Kier molecular flexibility index (Phi) is 7.33. The third kappa shape index (κ3) is 5.68. The van der Waals surface area contributed by atoms with Gasteiger partial charge in [-0.25, -0.2) is 9.48 Å². The second-order valence-corrected chi connectivity index (χ2v) is 9.77. The smallest absolute Gasteiger partial charge is 0.407 e. The van der Waals surface area contributed by atoms with Gasteiger partial charge in [-0.05, 0) is 61.6 Å². The summed E-state index contributed by atoms with van der Waals surface area (Å²) in [7, 11) is 0. The molecule has 184 valence electrons. The van der Waals surface area contributed by atoms with Crippen molar-refractivity contribution in [3.63, 3.8) is 0 Å². The van der Waals surface area contributed by atoms with Crippen LogP contribution < -0.4 is 10.2 Å². The molecule has 7 nitrogen and oxygen atoms in total. The molecule has 1 aromatic heterocycles. The number of amides is 1. The summed E-state index contributed by atoms with van der Waals surface area (Å²) in [4.78, 5) is 16.4. The molecule has 3 atom stereocenters. The fourth-order valence-electron chi connectivity index (χ4n) is 5.67. The number of rotatable bonds is 7. The molecule has 1 aliphatic heterocycles. The number of hydrogen-bond donors (Lipinski definition) is 2. The molecule has 7 heteroatoms. The van der Waals surface area contributed by atoms with Crippen LogP contribution in [0.3, 0.4) is 0 Å². The van der Waals surface area contributed by atoms with E-state index >= 15 is 0 Å². The lowest BCUT2D eigenvalue weighted by Crippen LogP contribution is -2.58. The quantitative estimate of drug-likeness (QED) is 0.509. The number of carboxylic acid groups (broad SMARTS) is 1. The molecule has 2 aliphatic rings. The van der Waals surface area contributed by atoms with Crippen LogP contribution in [0.4, 0.5) is 10.5 Å². The van der Waals surface area contributed by atoms with Gasteiger partial charge in [0.15, 0.2) is 0 Å². The maximum atomic E-state index is 12.3. The van der Waals surface area contributed by atoms with E-state index in [-0.39, 0.29) is 12.1 Å². The highest BCUT2D eigenvalue weighted by atomic mass is 16.4. The molecule has 1 aliphatic carbocycles. The van der Waals surface area contributed by atoms with Crippen molar-refractivity contribution in [2.75, 3.05) is 18.0 Å². The first-order valence-electron chi connectivity index (χ1n) is 12.8. The van der Waals surface area contributed by atoms with Gasteiger partial charge in [0, 0.05) is 49.8 Å². The summed E-state index contributed by atoms with van der Waals surface area (Å²) in [6, 6.07) is 21.0. The largest absolute Gasteiger partial charge is 0.465 e. The van der Waals surface area contributed by atoms with Gasteiger partial charge >= 0.3 is 6.09 Å². The molecule has 5 rings (SSSR count). The van der Waals surface area contributed by atoms with E-state index in [4.69, 9.17) is 0 Å². The number of anilines is 1. The van der Waals surface area contributed by atoms with Crippen LogP contribution in [-0.2, 0) is 6.54 Å². The Balaban J connectivity index is 1.25.